The molecule has 128 valence electrons. The van der Waals surface area contributed by atoms with Crippen molar-refractivity contribution in [2.45, 2.75) is 57.3 Å². The van der Waals surface area contributed by atoms with E-state index in [4.69, 9.17) is 4.74 Å². The van der Waals surface area contributed by atoms with Gasteiger partial charge in [0.1, 0.15) is 0 Å². The Kier molecular flexibility index (Phi) is 8.54. The second kappa shape index (κ2) is 10.7. The highest BCUT2D eigenvalue weighted by Gasteiger charge is 2.13. The van der Waals surface area contributed by atoms with Crippen LogP contribution in [0.4, 0.5) is 0 Å². The van der Waals surface area contributed by atoms with Gasteiger partial charge in [-0.05, 0) is 37.3 Å². The molecule has 1 aliphatic rings. The second-order valence-electron chi connectivity index (χ2n) is 6.25. The number of hydrogen-bond donors (Lipinski definition) is 1. The maximum Gasteiger partial charge on any atom is 0.230 e. The van der Waals surface area contributed by atoms with E-state index in [1.165, 1.54) is 43.2 Å². The van der Waals surface area contributed by atoms with Crippen molar-refractivity contribution in [3.05, 3.63) is 35.4 Å². The van der Waals surface area contributed by atoms with Crippen LogP contribution in [0.5, 0.6) is 0 Å². The summed E-state index contributed by atoms with van der Waals surface area (Å²) in [6, 6.07) is 8.34. The van der Waals surface area contributed by atoms with E-state index in [2.05, 4.69) is 30.4 Å². The Labute approximate surface area is 144 Å². The summed E-state index contributed by atoms with van der Waals surface area (Å²) >= 11 is 1.67. The molecule has 1 amide bonds. The van der Waals surface area contributed by atoms with Gasteiger partial charge in [0.15, 0.2) is 0 Å². The van der Waals surface area contributed by atoms with Crippen LogP contribution in [-0.2, 0) is 15.3 Å². The second-order valence-corrected chi connectivity index (χ2v) is 7.24. The predicted octanol–water partition coefficient (Wildman–Crippen LogP) is 4.08. The molecule has 23 heavy (non-hydrogen) atoms. The summed E-state index contributed by atoms with van der Waals surface area (Å²) in [4.78, 5) is 11.8. The highest BCUT2D eigenvalue weighted by molar-refractivity contribution is 7.99. The van der Waals surface area contributed by atoms with Crippen LogP contribution in [0.25, 0.3) is 0 Å². The largest absolute Gasteiger partial charge is 0.378 e. The van der Waals surface area contributed by atoms with Crippen molar-refractivity contribution in [1.29, 1.82) is 0 Å². The van der Waals surface area contributed by atoms with Crippen molar-refractivity contribution >= 4 is 17.7 Å². The van der Waals surface area contributed by atoms with Crippen molar-refractivity contribution in [1.82, 2.24) is 5.32 Å². The van der Waals surface area contributed by atoms with Gasteiger partial charge in [-0.1, -0.05) is 43.5 Å². The molecule has 0 saturated heterocycles. The van der Waals surface area contributed by atoms with Crippen molar-refractivity contribution < 1.29 is 9.53 Å². The number of carbonyl (C=O) groups excluding carboxylic acids is 1. The average Bonchev–Trinajstić information content (AvgIpc) is 2.57. The van der Waals surface area contributed by atoms with E-state index < -0.39 is 0 Å². The van der Waals surface area contributed by atoms with Gasteiger partial charge in [-0.25, -0.2) is 0 Å². The molecule has 1 saturated carbocycles. The minimum absolute atomic E-state index is 0.126. The maximum absolute atomic E-state index is 11.8. The summed E-state index contributed by atoms with van der Waals surface area (Å²) in [5.74, 6) is 1.55. The number of amides is 1. The third-order valence-electron chi connectivity index (χ3n) is 4.30. The molecule has 0 atom stereocenters. The molecule has 0 unspecified atom stereocenters. The standard InChI is InChI=1S/C19H29NO2S/c1-16-8-5-6-9-17(16)14-23-15-19(21)20-12-7-13-22-18-10-3-2-4-11-18/h5-6,8-9,18H,2-4,7,10-15H2,1H3,(H,20,21). The van der Waals surface area contributed by atoms with Gasteiger partial charge < -0.3 is 10.1 Å². The number of rotatable bonds is 9. The van der Waals surface area contributed by atoms with Gasteiger partial charge in [0.25, 0.3) is 0 Å². The van der Waals surface area contributed by atoms with Crippen LogP contribution < -0.4 is 5.32 Å². The summed E-state index contributed by atoms with van der Waals surface area (Å²) in [5.41, 5.74) is 2.60. The van der Waals surface area contributed by atoms with Crippen LogP contribution in [0.1, 0.15) is 49.7 Å². The molecule has 1 fully saturated rings. The number of hydrogen-bond acceptors (Lipinski definition) is 3. The molecule has 0 spiro atoms. The number of thioether (sulfide) groups is 1. The first-order valence-corrected chi connectivity index (χ1v) is 9.92. The monoisotopic (exact) mass is 335 g/mol. The highest BCUT2D eigenvalue weighted by atomic mass is 32.2. The summed E-state index contributed by atoms with van der Waals surface area (Å²) in [6.07, 6.45) is 7.76. The molecule has 0 aromatic heterocycles. The lowest BCUT2D eigenvalue weighted by Gasteiger charge is -2.21. The lowest BCUT2D eigenvalue weighted by atomic mass is 9.98. The number of aryl methyl sites for hydroxylation is 1. The van der Waals surface area contributed by atoms with Gasteiger partial charge in [0, 0.05) is 18.9 Å². The van der Waals surface area contributed by atoms with E-state index in [-0.39, 0.29) is 5.91 Å². The zero-order valence-corrected chi connectivity index (χ0v) is 15.0. The summed E-state index contributed by atoms with van der Waals surface area (Å²) < 4.78 is 5.86. The third-order valence-corrected chi connectivity index (χ3v) is 5.28. The molecule has 1 aromatic carbocycles. The fraction of sp³-hybridized carbons (Fsp3) is 0.632. The van der Waals surface area contributed by atoms with Gasteiger partial charge in [-0.2, -0.15) is 0 Å². The Hall–Kier alpha value is -1.00. The lowest BCUT2D eigenvalue weighted by Crippen LogP contribution is -2.27. The quantitative estimate of drug-likeness (QED) is 0.691. The maximum atomic E-state index is 11.8. The fourth-order valence-electron chi connectivity index (χ4n) is 2.86. The lowest BCUT2D eigenvalue weighted by molar-refractivity contribution is -0.118. The summed E-state index contributed by atoms with van der Waals surface area (Å²) in [6.45, 7) is 3.60. The SMILES string of the molecule is Cc1ccccc1CSCC(=O)NCCCOC1CCCCC1. The first-order chi connectivity index (χ1) is 11.3. The Morgan fingerprint density at radius 2 is 2.04 bits per heavy atom. The molecule has 3 nitrogen and oxygen atoms in total. The highest BCUT2D eigenvalue weighted by Crippen LogP contribution is 2.20. The van der Waals surface area contributed by atoms with Gasteiger partial charge in [0.2, 0.25) is 5.91 Å². The minimum atomic E-state index is 0.126. The molecule has 2 rings (SSSR count). The Balaban J connectivity index is 1.47. The first-order valence-electron chi connectivity index (χ1n) is 8.76. The van der Waals surface area contributed by atoms with Crippen molar-refractivity contribution in [3.63, 3.8) is 0 Å². The third kappa shape index (κ3) is 7.40. The number of ether oxygens (including phenoxy) is 1. The van der Waals surface area contributed by atoms with E-state index in [0.29, 0.717) is 11.9 Å². The number of carbonyl (C=O) groups is 1. The van der Waals surface area contributed by atoms with E-state index >= 15 is 0 Å². The van der Waals surface area contributed by atoms with Crippen molar-refractivity contribution in [3.8, 4) is 0 Å². The smallest absolute Gasteiger partial charge is 0.230 e. The Morgan fingerprint density at radius 3 is 2.83 bits per heavy atom. The van der Waals surface area contributed by atoms with Crippen LogP contribution in [0.3, 0.4) is 0 Å². The van der Waals surface area contributed by atoms with E-state index in [1.54, 1.807) is 11.8 Å². The zero-order valence-electron chi connectivity index (χ0n) is 14.2. The average molecular weight is 336 g/mol. The molecular formula is C19H29NO2S. The van der Waals surface area contributed by atoms with Crippen LogP contribution >= 0.6 is 11.8 Å². The van der Waals surface area contributed by atoms with Gasteiger partial charge in [-0.15, -0.1) is 11.8 Å². The Bertz CT molecular complexity index is 472. The molecular weight excluding hydrogens is 306 g/mol. The molecule has 0 aliphatic heterocycles. The topological polar surface area (TPSA) is 38.3 Å². The predicted molar refractivity (Wildman–Crippen MR) is 97.8 cm³/mol. The van der Waals surface area contributed by atoms with E-state index in [1.807, 2.05) is 6.07 Å². The molecule has 1 aliphatic carbocycles. The van der Waals surface area contributed by atoms with Gasteiger partial charge >= 0.3 is 0 Å². The van der Waals surface area contributed by atoms with Gasteiger partial charge in [0.05, 0.1) is 11.9 Å². The molecule has 0 heterocycles. The van der Waals surface area contributed by atoms with E-state index in [9.17, 15) is 4.79 Å². The minimum Gasteiger partial charge on any atom is -0.378 e. The van der Waals surface area contributed by atoms with E-state index in [0.717, 1.165) is 25.3 Å². The zero-order chi connectivity index (χ0) is 16.3. The number of nitrogens with one attached hydrogen (secondary N) is 1. The molecule has 1 N–H and O–H groups in total. The van der Waals surface area contributed by atoms with Crippen LogP contribution in [0.15, 0.2) is 24.3 Å². The van der Waals surface area contributed by atoms with Crippen molar-refractivity contribution in [2.75, 3.05) is 18.9 Å². The van der Waals surface area contributed by atoms with Crippen LogP contribution in [0, 0.1) is 6.92 Å². The van der Waals surface area contributed by atoms with Gasteiger partial charge in [-0.3, -0.25) is 4.79 Å². The van der Waals surface area contributed by atoms with Crippen molar-refractivity contribution in [2.24, 2.45) is 0 Å². The fourth-order valence-corrected chi connectivity index (χ4v) is 3.79. The molecule has 1 aromatic rings. The Morgan fingerprint density at radius 1 is 1.26 bits per heavy atom. The summed E-state index contributed by atoms with van der Waals surface area (Å²) in [7, 11) is 0. The normalized spacial score (nSPS) is 15.5. The molecule has 0 bridgehead atoms. The van der Waals surface area contributed by atoms with Crippen LogP contribution in [0.2, 0.25) is 0 Å². The number of benzene rings is 1. The molecule has 0 radical (unpaired) electrons. The molecule has 4 heteroatoms. The first kappa shape index (κ1) is 18.3. The summed E-state index contributed by atoms with van der Waals surface area (Å²) in [5, 5.41) is 2.98. The van der Waals surface area contributed by atoms with Crippen LogP contribution in [-0.4, -0.2) is 30.9 Å².